The summed E-state index contributed by atoms with van der Waals surface area (Å²) in [5.74, 6) is 0. The third-order valence-electron chi connectivity index (χ3n) is 5.52. The van der Waals surface area contributed by atoms with Gasteiger partial charge in [0.05, 0.1) is 6.04 Å². The number of hydrogen-bond acceptors (Lipinski definition) is 3. The normalized spacial score (nSPS) is 22.0. The van der Waals surface area contributed by atoms with E-state index in [-0.39, 0.29) is 12.1 Å². The Kier molecular flexibility index (Phi) is 6.20. The number of amides is 2. The quantitative estimate of drug-likeness (QED) is 0.896. The van der Waals surface area contributed by atoms with E-state index in [1.165, 1.54) is 25.9 Å². The molecular weight excluding hydrogens is 336 g/mol. The van der Waals surface area contributed by atoms with E-state index in [1.54, 1.807) is 0 Å². The van der Waals surface area contributed by atoms with Crippen LogP contribution in [0.15, 0.2) is 24.3 Å². The number of rotatable bonds is 3. The summed E-state index contributed by atoms with van der Waals surface area (Å²) >= 11 is 6.23. The minimum atomic E-state index is -0.0897. The van der Waals surface area contributed by atoms with Crippen LogP contribution >= 0.6 is 11.6 Å². The van der Waals surface area contributed by atoms with Gasteiger partial charge in [-0.2, -0.15) is 0 Å². The maximum Gasteiger partial charge on any atom is 0.317 e. The molecule has 3 rings (SSSR count). The summed E-state index contributed by atoms with van der Waals surface area (Å²) in [4.78, 5) is 19.5. The lowest BCUT2D eigenvalue weighted by Crippen LogP contribution is -2.55. The highest BCUT2D eigenvalue weighted by atomic mass is 35.5. The minimum Gasteiger partial charge on any atom is -0.331 e. The summed E-state index contributed by atoms with van der Waals surface area (Å²) in [6.45, 7) is 7.89. The van der Waals surface area contributed by atoms with Crippen LogP contribution in [0.2, 0.25) is 5.02 Å². The number of likely N-dealkylation sites (tertiary alicyclic amines) is 1. The molecule has 1 aromatic rings. The third-order valence-corrected chi connectivity index (χ3v) is 5.86. The fraction of sp³-hybridized carbons (Fsp3) is 0.632. The molecule has 2 heterocycles. The first-order valence-electron chi connectivity index (χ1n) is 9.27. The molecule has 1 N–H and O–H groups in total. The maximum atomic E-state index is 12.6. The van der Waals surface area contributed by atoms with Gasteiger partial charge in [0.25, 0.3) is 0 Å². The monoisotopic (exact) mass is 364 g/mol. The fourth-order valence-electron chi connectivity index (χ4n) is 3.83. The molecule has 2 fully saturated rings. The van der Waals surface area contributed by atoms with Gasteiger partial charge in [-0.15, -0.1) is 0 Å². The molecule has 0 spiro atoms. The second-order valence-corrected chi connectivity index (χ2v) is 7.66. The van der Waals surface area contributed by atoms with Crippen LogP contribution < -0.4 is 5.32 Å². The Hall–Kier alpha value is -1.30. The van der Waals surface area contributed by atoms with Gasteiger partial charge in [-0.05, 0) is 51.5 Å². The maximum absolute atomic E-state index is 12.6. The highest BCUT2D eigenvalue weighted by molar-refractivity contribution is 6.31. The fourth-order valence-corrected chi connectivity index (χ4v) is 4.13. The van der Waals surface area contributed by atoms with E-state index in [9.17, 15) is 4.79 Å². The van der Waals surface area contributed by atoms with E-state index >= 15 is 0 Å². The first-order valence-corrected chi connectivity index (χ1v) is 9.65. The van der Waals surface area contributed by atoms with Crippen LogP contribution in [-0.4, -0.2) is 73.1 Å². The lowest BCUT2D eigenvalue weighted by Gasteiger charge is -2.42. The minimum absolute atomic E-state index is 0.00967. The standard InChI is InChI=1S/C19H29ClN4O/c1-15(17-5-3-4-6-18(17)20)21-19(25)24-13-11-23(12-14-24)16-7-9-22(2)10-8-16/h3-6,15-16H,7-14H2,1-2H3,(H,21,25)/t15-/m1/s1. The van der Waals surface area contributed by atoms with Crippen molar-refractivity contribution < 1.29 is 4.79 Å². The second-order valence-electron chi connectivity index (χ2n) is 7.25. The van der Waals surface area contributed by atoms with Crippen LogP contribution in [0.5, 0.6) is 0 Å². The average Bonchev–Trinajstić information content (AvgIpc) is 2.63. The van der Waals surface area contributed by atoms with E-state index < -0.39 is 0 Å². The number of urea groups is 1. The van der Waals surface area contributed by atoms with Gasteiger partial charge in [0.2, 0.25) is 0 Å². The molecule has 6 heteroatoms. The van der Waals surface area contributed by atoms with E-state index in [0.717, 1.165) is 31.7 Å². The van der Waals surface area contributed by atoms with Gasteiger partial charge in [-0.1, -0.05) is 29.8 Å². The zero-order chi connectivity index (χ0) is 17.8. The van der Waals surface area contributed by atoms with Crippen LogP contribution in [0.25, 0.3) is 0 Å². The van der Waals surface area contributed by atoms with Gasteiger partial charge < -0.3 is 15.1 Å². The zero-order valence-corrected chi connectivity index (χ0v) is 16.0. The van der Waals surface area contributed by atoms with E-state index in [1.807, 2.05) is 36.1 Å². The number of carbonyl (C=O) groups is 1. The van der Waals surface area contributed by atoms with Crippen LogP contribution in [0.1, 0.15) is 31.4 Å². The molecule has 1 aromatic carbocycles. The molecule has 25 heavy (non-hydrogen) atoms. The lowest BCUT2D eigenvalue weighted by atomic mass is 10.0. The van der Waals surface area contributed by atoms with Crippen molar-refractivity contribution in [2.75, 3.05) is 46.3 Å². The first-order chi connectivity index (χ1) is 12.0. The highest BCUT2D eigenvalue weighted by Crippen LogP contribution is 2.22. The van der Waals surface area contributed by atoms with Gasteiger partial charge in [-0.3, -0.25) is 4.90 Å². The summed E-state index contributed by atoms with van der Waals surface area (Å²) in [5.41, 5.74) is 0.961. The van der Waals surface area contributed by atoms with Crippen molar-refractivity contribution in [3.63, 3.8) is 0 Å². The number of carbonyl (C=O) groups excluding carboxylic acids is 1. The van der Waals surface area contributed by atoms with Crippen LogP contribution in [-0.2, 0) is 0 Å². The topological polar surface area (TPSA) is 38.8 Å². The van der Waals surface area contributed by atoms with Gasteiger partial charge in [0, 0.05) is 37.2 Å². The van der Waals surface area contributed by atoms with Gasteiger partial charge in [-0.25, -0.2) is 4.79 Å². The predicted octanol–water partition coefficient (Wildman–Crippen LogP) is 2.82. The molecule has 5 nitrogen and oxygen atoms in total. The number of benzene rings is 1. The number of piperidine rings is 1. The Bertz CT molecular complexity index is 581. The molecule has 0 saturated carbocycles. The van der Waals surface area contributed by atoms with E-state index in [2.05, 4.69) is 22.2 Å². The van der Waals surface area contributed by atoms with Crippen molar-refractivity contribution in [3.05, 3.63) is 34.9 Å². The molecule has 2 amide bonds. The van der Waals surface area contributed by atoms with Crippen molar-refractivity contribution in [1.82, 2.24) is 20.0 Å². The number of hydrogen-bond donors (Lipinski definition) is 1. The molecule has 0 aromatic heterocycles. The molecule has 2 saturated heterocycles. The molecule has 2 aliphatic rings. The van der Waals surface area contributed by atoms with Gasteiger partial charge >= 0.3 is 6.03 Å². The molecular formula is C19H29ClN4O. The summed E-state index contributed by atoms with van der Waals surface area (Å²) < 4.78 is 0. The Morgan fingerprint density at radius 3 is 2.40 bits per heavy atom. The molecule has 138 valence electrons. The zero-order valence-electron chi connectivity index (χ0n) is 15.2. The van der Waals surface area contributed by atoms with Gasteiger partial charge in [0.15, 0.2) is 0 Å². The Morgan fingerprint density at radius 2 is 1.76 bits per heavy atom. The number of halogens is 1. The molecule has 0 aliphatic carbocycles. The second kappa shape index (κ2) is 8.39. The van der Waals surface area contributed by atoms with Gasteiger partial charge in [0.1, 0.15) is 0 Å². The van der Waals surface area contributed by atoms with Crippen molar-refractivity contribution >= 4 is 17.6 Å². The van der Waals surface area contributed by atoms with E-state index in [0.29, 0.717) is 11.1 Å². The summed E-state index contributed by atoms with van der Waals surface area (Å²) in [6.07, 6.45) is 2.48. The number of nitrogens with zero attached hydrogens (tertiary/aromatic N) is 3. The SMILES string of the molecule is C[C@@H](NC(=O)N1CCN(C2CCN(C)CC2)CC1)c1ccccc1Cl. The summed E-state index contributed by atoms with van der Waals surface area (Å²) in [5, 5.41) is 3.78. The van der Waals surface area contributed by atoms with Crippen molar-refractivity contribution in [2.45, 2.75) is 31.8 Å². The van der Waals surface area contributed by atoms with Crippen LogP contribution in [0.4, 0.5) is 4.79 Å². The Morgan fingerprint density at radius 1 is 1.12 bits per heavy atom. The molecule has 1 atom stereocenters. The van der Waals surface area contributed by atoms with Crippen molar-refractivity contribution in [2.24, 2.45) is 0 Å². The average molecular weight is 365 g/mol. The smallest absolute Gasteiger partial charge is 0.317 e. The number of nitrogens with one attached hydrogen (secondary N) is 1. The first kappa shape index (κ1) is 18.5. The summed E-state index contributed by atoms with van der Waals surface area (Å²) in [7, 11) is 2.19. The van der Waals surface area contributed by atoms with Crippen LogP contribution in [0, 0.1) is 0 Å². The predicted molar refractivity (Wildman–Crippen MR) is 102 cm³/mol. The molecule has 2 aliphatic heterocycles. The van der Waals surface area contributed by atoms with Crippen LogP contribution in [0.3, 0.4) is 0 Å². The largest absolute Gasteiger partial charge is 0.331 e. The molecule has 0 unspecified atom stereocenters. The highest BCUT2D eigenvalue weighted by Gasteiger charge is 2.28. The number of piperazine rings is 1. The molecule has 0 bridgehead atoms. The lowest BCUT2D eigenvalue weighted by molar-refractivity contribution is 0.0744. The Balaban J connectivity index is 1.47. The molecule has 0 radical (unpaired) electrons. The van der Waals surface area contributed by atoms with Crippen molar-refractivity contribution in [3.8, 4) is 0 Å². The Labute approximate surface area is 155 Å². The third kappa shape index (κ3) is 4.66. The van der Waals surface area contributed by atoms with E-state index in [4.69, 9.17) is 11.6 Å². The van der Waals surface area contributed by atoms with Crippen molar-refractivity contribution in [1.29, 1.82) is 0 Å². The summed E-state index contributed by atoms with van der Waals surface area (Å²) in [6, 6.07) is 8.28.